The number of hydrogen-bond acceptors (Lipinski definition) is 1. The number of allylic oxidation sites excluding steroid dienone is 2. The molecular formula is C21H22F3NO. The smallest absolute Gasteiger partial charge is 0.311 e. The summed E-state index contributed by atoms with van der Waals surface area (Å²) < 4.78 is 39.4. The number of carbonyl (C=O) groups excluding carboxylic acids is 1. The van der Waals surface area contributed by atoms with E-state index in [2.05, 4.69) is 13.0 Å². The molecule has 0 radical (unpaired) electrons. The number of amides is 1. The molecular weight excluding hydrogens is 339 g/mol. The van der Waals surface area contributed by atoms with Gasteiger partial charge in [-0.2, -0.15) is 13.2 Å². The number of hydrogen-bond donors (Lipinski definition) is 0. The lowest BCUT2D eigenvalue weighted by molar-refractivity contribution is -0.137. The summed E-state index contributed by atoms with van der Waals surface area (Å²) in [6.45, 7) is 2.66. The molecule has 2 fully saturated rings. The Morgan fingerprint density at radius 1 is 1.23 bits per heavy atom. The quantitative estimate of drug-likeness (QED) is 0.646. The monoisotopic (exact) mass is 361 g/mol. The van der Waals surface area contributed by atoms with E-state index in [-0.39, 0.29) is 11.3 Å². The molecule has 1 aromatic rings. The molecule has 0 aromatic heterocycles. The van der Waals surface area contributed by atoms with Crippen LogP contribution in [0.15, 0.2) is 29.8 Å². The molecule has 1 aromatic carbocycles. The van der Waals surface area contributed by atoms with Crippen molar-refractivity contribution in [1.82, 2.24) is 0 Å². The molecule has 0 N–H and O–H groups in total. The van der Waals surface area contributed by atoms with E-state index in [0.717, 1.165) is 37.3 Å². The highest BCUT2D eigenvalue weighted by molar-refractivity contribution is 6.00. The van der Waals surface area contributed by atoms with Crippen molar-refractivity contribution in [2.45, 2.75) is 45.2 Å². The first-order valence-corrected chi connectivity index (χ1v) is 9.49. The molecule has 2 bridgehead atoms. The van der Waals surface area contributed by atoms with Gasteiger partial charge in [0.1, 0.15) is 0 Å². The minimum atomic E-state index is -4.38. The minimum Gasteiger partial charge on any atom is -0.311 e. The van der Waals surface area contributed by atoms with Crippen molar-refractivity contribution in [2.75, 3.05) is 11.4 Å². The summed E-state index contributed by atoms with van der Waals surface area (Å²) in [7, 11) is 0. The van der Waals surface area contributed by atoms with Crippen molar-refractivity contribution in [2.24, 2.45) is 23.2 Å². The van der Waals surface area contributed by atoms with Crippen molar-refractivity contribution < 1.29 is 18.0 Å². The fourth-order valence-electron chi connectivity index (χ4n) is 5.97. The van der Waals surface area contributed by atoms with Gasteiger partial charge in [0, 0.05) is 12.2 Å². The number of nitrogens with zero attached hydrogens (tertiary/aromatic N) is 1. The van der Waals surface area contributed by atoms with Gasteiger partial charge in [0.25, 0.3) is 0 Å². The third-order valence-corrected chi connectivity index (χ3v) is 7.03. The van der Waals surface area contributed by atoms with Gasteiger partial charge in [0.2, 0.25) is 5.91 Å². The van der Waals surface area contributed by atoms with Gasteiger partial charge < -0.3 is 4.90 Å². The van der Waals surface area contributed by atoms with Crippen LogP contribution in [0.2, 0.25) is 0 Å². The SMILES string of the molecule is CC1C=C2CC3CC(C(=O)N4CCc5ccc(C(F)(F)F)cc54)(C1)CC23. The average Bonchev–Trinajstić information content (AvgIpc) is 3.06. The van der Waals surface area contributed by atoms with E-state index in [1.807, 2.05) is 0 Å². The molecule has 4 aliphatic rings. The number of fused-ring (bicyclic) bond motifs is 2. The van der Waals surface area contributed by atoms with Crippen LogP contribution in [-0.2, 0) is 17.4 Å². The topological polar surface area (TPSA) is 20.3 Å². The lowest BCUT2D eigenvalue weighted by Crippen LogP contribution is -2.43. The third-order valence-electron chi connectivity index (χ3n) is 7.03. The Bertz CT molecular complexity index is 827. The molecule has 0 saturated heterocycles. The normalized spacial score (nSPS) is 34.8. The summed E-state index contributed by atoms with van der Waals surface area (Å²) in [4.78, 5) is 15.2. The summed E-state index contributed by atoms with van der Waals surface area (Å²) in [6.07, 6.45) is 2.33. The van der Waals surface area contributed by atoms with Crippen LogP contribution in [0.5, 0.6) is 0 Å². The summed E-state index contributed by atoms with van der Waals surface area (Å²) >= 11 is 0. The van der Waals surface area contributed by atoms with E-state index in [4.69, 9.17) is 0 Å². The van der Waals surface area contributed by atoms with Crippen molar-refractivity contribution in [1.29, 1.82) is 0 Å². The van der Waals surface area contributed by atoms with Gasteiger partial charge in [0.15, 0.2) is 0 Å². The molecule has 26 heavy (non-hydrogen) atoms. The van der Waals surface area contributed by atoms with Gasteiger partial charge in [-0.15, -0.1) is 0 Å². The van der Waals surface area contributed by atoms with E-state index in [1.54, 1.807) is 4.90 Å². The largest absolute Gasteiger partial charge is 0.416 e. The second kappa shape index (κ2) is 5.14. The maximum Gasteiger partial charge on any atom is 0.416 e. The summed E-state index contributed by atoms with van der Waals surface area (Å²) in [6, 6.07) is 3.84. The molecule has 1 aliphatic heterocycles. The highest BCUT2D eigenvalue weighted by atomic mass is 19.4. The number of alkyl halides is 3. The second-order valence-corrected chi connectivity index (χ2v) is 8.73. The van der Waals surface area contributed by atoms with Crippen LogP contribution in [0.1, 0.15) is 43.7 Å². The molecule has 0 spiro atoms. The van der Waals surface area contributed by atoms with Gasteiger partial charge in [-0.05, 0) is 67.6 Å². The van der Waals surface area contributed by atoms with Gasteiger partial charge in [-0.25, -0.2) is 0 Å². The standard InChI is InChI=1S/C21H22F3NO/c1-12-6-14-7-15-10-20(9-12,11-17(14)15)19(26)25-5-4-13-2-3-16(8-18(13)25)21(22,23)24/h2-3,6,8,12,15,17H,4-5,7,9-11H2,1H3. The van der Waals surface area contributed by atoms with E-state index in [1.165, 1.54) is 17.7 Å². The summed E-state index contributed by atoms with van der Waals surface area (Å²) in [5.41, 5.74) is 1.78. The van der Waals surface area contributed by atoms with Gasteiger partial charge >= 0.3 is 6.18 Å². The second-order valence-electron chi connectivity index (χ2n) is 8.73. The van der Waals surface area contributed by atoms with Crippen LogP contribution >= 0.6 is 0 Å². The summed E-state index contributed by atoms with van der Waals surface area (Å²) in [5, 5.41) is 0. The Hall–Kier alpha value is -1.78. The first-order valence-electron chi connectivity index (χ1n) is 9.49. The first kappa shape index (κ1) is 16.4. The molecule has 1 amide bonds. The number of anilines is 1. The van der Waals surface area contributed by atoms with Crippen molar-refractivity contribution in [3.05, 3.63) is 41.0 Å². The predicted octanol–water partition coefficient (Wildman–Crippen LogP) is 4.98. The molecule has 4 atom stereocenters. The number of halogens is 3. The van der Waals surface area contributed by atoms with Gasteiger partial charge in [-0.3, -0.25) is 4.79 Å². The molecule has 3 aliphatic carbocycles. The fraction of sp³-hybridized carbons (Fsp3) is 0.571. The number of benzene rings is 1. The third kappa shape index (κ3) is 2.21. The maximum atomic E-state index is 13.6. The lowest BCUT2D eigenvalue weighted by Gasteiger charge is -2.37. The van der Waals surface area contributed by atoms with Crippen molar-refractivity contribution in [3.8, 4) is 0 Å². The van der Waals surface area contributed by atoms with Gasteiger partial charge in [0.05, 0.1) is 11.0 Å². The Morgan fingerprint density at radius 2 is 2.04 bits per heavy atom. The highest BCUT2D eigenvalue weighted by Gasteiger charge is 2.58. The number of rotatable bonds is 1. The minimum absolute atomic E-state index is 0.0616. The van der Waals surface area contributed by atoms with Crippen LogP contribution in [0, 0.1) is 23.2 Å². The maximum absolute atomic E-state index is 13.6. The molecule has 2 saturated carbocycles. The molecule has 4 unspecified atom stereocenters. The van der Waals surface area contributed by atoms with Gasteiger partial charge in [-0.1, -0.05) is 24.6 Å². The predicted molar refractivity (Wildman–Crippen MR) is 92.6 cm³/mol. The first-order chi connectivity index (χ1) is 12.3. The van der Waals surface area contributed by atoms with Crippen molar-refractivity contribution >= 4 is 11.6 Å². The molecule has 138 valence electrons. The Kier molecular flexibility index (Phi) is 3.24. The van der Waals surface area contributed by atoms with E-state index >= 15 is 0 Å². The zero-order chi connectivity index (χ0) is 18.3. The van der Waals surface area contributed by atoms with E-state index < -0.39 is 11.7 Å². The zero-order valence-electron chi connectivity index (χ0n) is 14.8. The lowest BCUT2D eigenvalue weighted by atomic mass is 9.69. The average molecular weight is 361 g/mol. The zero-order valence-corrected chi connectivity index (χ0v) is 14.8. The van der Waals surface area contributed by atoms with E-state index in [9.17, 15) is 18.0 Å². The molecule has 5 heteroatoms. The van der Waals surface area contributed by atoms with Crippen LogP contribution in [-0.4, -0.2) is 12.5 Å². The van der Waals surface area contributed by atoms with Crippen LogP contribution in [0.3, 0.4) is 0 Å². The number of carbonyl (C=O) groups is 1. The fourth-order valence-corrected chi connectivity index (χ4v) is 5.97. The Balaban J connectivity index is 1.50. The molecule has 5 rings (SSSR count). The van der Waals surface area contributed by atoms with Crippen LogP contribution < -0.4 is 4.90 Å². The van der Waals surface area contributed by atoms with E-state index in [0.29, 0.717) is 36.4 Å². The van der Waals surface area contributed by atoms with Crippen molar-refractivity contribution in [3.63, 3.8) is 0 Å². The molecule has 2 nitrogen and oxygen atoms in total. The summed E-state index contributed by atoms with van der Waals surface area (Å²) in [5.74, 6) is 1.56. The van der Waals surface area contributed by atoms with Crippen LogP contribution in [0.25, 0.3) is 0 Å². The molecule has 1 heterocycles. The highest BCUT2D eigenvalue weighted by Crippen LogP contribution is 2.63. The Labute approximate surface area is 151 Å². The van der Waals surface area contributed by atoms with Crippen LogP contribution in [0.4, 0.5) is 18.9 Å². The Morgan fingerprint density at radius 3 is 2.81 bits per heavy atom.